The van der Waals surface area contributed by atoms with E-state index in [4.69, 9.17) is 4.52 Å². The van der Waals surface area contributed by atoms with Crippen molar-refractivity contribution in [3.63, 3.8) is 0 Å². The summed E-state index contributed by atoms with van der Waals surface area (Å²) in [6, 6.07) is 0.678. The van der Waals surface area contributed by atoms with Crippen molar-refractivity contribution in [2.75, 3.05) is 32.8 Å². The first kappa shape index (κ1) is 21.4. The molecule has 148 valence electrons. The summed E-state index contributed by atoms with van der Waals surface area (Å²) in [6.45, 7) is 17.7. The smallest absolute Gasteiger partial charge is 0.277 e. The monoisotopic (exact) mass is 372 g/mol. The number of likely N-dealkylation sites (tertiary alicyclic amines) is 1. The lowest BCUT2D eigenvalue weighted by Crippen LogP contribution is -2.47. The summed E-state index contributed by atoms with van der Waals surface area (Å²) in [4.78, 5) is 2.67. The molecule has 2 heterocycles. The third-order valence-corrected chi connectivity index (χ3v) is 9.49. The van der Waals surface area contributed by atoms with E-state index in [1.54, 1.807) is 0 Å². The Labute approximate surface area is 156 Å². The number of rotatable bonds is 6. The molecular weight excluding hydrogens is 331 g/mol. The lowest BCUT2D eigenvalue weighted by Gasteiger charge is -2.46. The van der Waals surface area contributed by atoms with Gasteiger partial charge in [-0.2, -0.15) is 0 Å². The topological polar surface area (TPSA) is 32.8 Å². The molecule has 0 spiro atoms. The van der Waals surface area contributed by atoms with Crippen molar-refractivity contribution in [3.8, 4) is 0 Å². The fourth-order valence-electron chi connectivity index (χ4n) is 3.88. The lowest BCUT2D eigenvalue weighted by molar-refractivity contribution is 0.104. The summed E-state index contributed by atoms with van der Waals surface area (Å²) in [5.74, 6) is 0. The quantitative estimate of drug-likeness (QED) is 0.586. The van der Waals surface area contributed by atoms with Crippen LogP contribution in [0.2, 0.25) is 0 Å². The van der Waals surface area contributed by atoms with Crippen molar-refractivity contribution < 1.29 is 9.09 Å². The molecule has 0 bridgehead atoms. The Morgan fingerprint density at radius 2 is 1.52 bits per heavy atom. The van der Waals surface area contributed by atoms with Gasteiger partial charge in [-0.15, -0.1) is 0 Å². The Hall–Kier alpha value is 0.110. The molecule has 2 saturated heterocycles. The van der Waals surface area contributed by atoms with E-state index < -0.39 is 7.52 Å². The van der Waals surface area contributed by atoms with Crippen molar-refractivity contribution in [3.05, 3.63) is 0 Å². The van der Waals surface area contributed by atoms with Gasteiger partial charge in [0.2, 0.25) is 0 Å². The fourth-order valence-corrected chi connectivity index (χ4v) is 6.88. The Morgan fingerprint density at radius 3 is 2.00 bits per heavy atom. The summed E-state index contributed by atoms with van der Waals surface area (Å²) in [5, 5.41) is -0.295. The van der Waals surface area contributed by atoms with Gasteiger partial charge in [0, 0.05) is 19.1 Å². The van der Waals surface area contributed by atoms with Gasteiger partial charge in [0.25, 0.3) is 7.52 Å². The highest BCUT2D eigenvalue weighted by Crippen LogP contribution is 2.64. The lowest BCUT2D eigenvalue weighted by atomic mass is 9.99. The number of nitrogens with zero attached hydrogens (tertiary/aromatic N) is 2. The molecule has 0 radical (unpaired) electrons. The van der Waals surface area contributed by atoms with Crippen LogP contribution < -0.4 is 0 Å². The van der Waals surface area contributed by atoms with Gasteiger partial charge in [-0.1, -0.05) is 34.1 Å². The summed E-state index contributed by atoms with van der Waals surface area (Å²) in [6.07, 6.45) is 7.20. The van der Waals surface area contributed by atoms with Gasteiger partial charge in [0.15, 0.2) is 0 Å². The largest absolute Gasteiger partial charge is 0.316 e. The number of hydrogen-bond donors (Lipinski definition) is 0. The maximum absolute atomic E-state index is 14.0. The zero-order valence-corrected chi connectivity index (χ0v) is 18.4. The Bertz CT molecular complexity index is 459. The minimum absolute atomic E-state index is 0.0333. The van der Waals surface area contributed by atoms with Crippen LogP contribution >= 0.6 is 7.52 Å². The molecule has 0 aromatic carbocycles. The van der Waals surface area contributed by atoms with Crippen LogP contribution in [-0.4, -0.2) is 53.6 Å². The van der Waals surface area contributed by atoms with Crippen molar-refractivity contribution >= 4 is 7.52 Å². The van der Waals surface area contributed by atoms with E-state index in [9.17, 15) is 4.57 Å². The Morgan fingerprint density at radius 1 is 0.960 bits per heavy atom. The first-order valence-electron chi connectivity index (χ1n) is 10.3. The predicted octanol–water partition coefficient (Wildman–Crippen LogP) is 5.38. The van der Waals surface area contributed by atoms with Gasteiger partial charge < -0.3 is 9.42 Å². The van der Waals surface area contributed by atoms with Crippen LogP contribution in [0.4, 0.5) is 0 Å². The maximum Gasteiger partial charge on any atom is 0.277 e. The highest BCUT2D eigenvalue weighted by molar-refractivity contribution is 7.58. The third kappa shape index (κ3) is 5.31. The molecule has 0 N–H and O–H groups in total. The van der Waals surface area contributed by atoms with Crippen molar-refractivity contribution in [1.29, 1.82) is 0 Å². The molecule has 1 unspecified atom stereocenters. The van der Waals surface area contributed by atoms with Crippen LogP contribution in [0.1, 0.15) is 80.1 Å². The molecule has 1 atom stereocenters. The van der Waals surface area contributed by atoms with Crippen LogP contribution in [0.25, 0.3) is 0 Å². The van der Waals surface area contributed by atoms with Crippen molar-refractivity contribution in [2.45, 2.75) is 91.3 Å². The van der Waals surface area contributed by atoms with Crippen LogP contribution in [0.3, 0.4) is 0 Å². The summed E-state index contributed by atoms with van der Waals surface area (Å²) >= 11 is 0. The van der Waals surface area contributed by atoms with Gasteiger partial charge in [-0.05, 0) is 64.5 Å². The van der Waals surface area contributed by atoms with Gasteiger partial charge >= 0.3 is 0 Å². The number of hydrogen-bond acceptors (Lipinski definition) is 3. The average Bonchev–Trinajstić information content (AvgIpc) is 2.60. The molecule has 0 aromatic heterocycles. The molecule has 2 aliphatic heterocycles. The maximum atomic E-state index is 14.0. The molecule has 2 aliphatic rings. The van der Waals surface area contributed by atoms with E-state index >= 15 is 0 Å². The van der Waals surface area contributed by atoms with Gasteiger partial charge in [0.1, 0.15) is 0 Å². The molecule has 0 aliphatic carbocycles. The highest BCUT2D eigenvalue weighted by Gasteiger charge is 2.47. The zero-order valence-electron chi connectivity index (χ0n) is 17.5. The molecular formula is C20H41N2O2P. The molecule has 4 nitrogen and oxygen atoms in total. The molecule has 25 heavy (non-hydrogen) atoms. The second kappa shape index (κ2) is 8.42. The van der Waals surface area contributed by atoms with E-state index in [1.807, 2.05) is 0 Å². The first-order valence-corrected chi connectivity index (χ1v) is 11.9. The molecule has 0 aromatic rings. The summed E-state index contributed by atoms with van der Waals surface area (Å²) in [5.41, 5.74) is 0.0333. The van der Waals surface area contributed by atoms with E-state index in [0.29, 0.717) is 12.6 Å². The second-order valence-electron chi connectivity index (χ2n) is 9.80. The molecule has 5 heteroatoms. The molecule has 2 rings (SSSR count). The van der Waals surface area contributed by atoms with Crippen LogP contribution in [0.15, 0.2) is 0 Å². The van der Waals surface area contributed by atoms with Crippen LogP contribution in [-0.2, 0) is 9.09 Å². The summed E-state index contributed by atoms with van der Waals surface area (Å²) < 4.78 is 22.5. The van der Waals surface area contributed by atoms with E-state index in [-0.39, 0.29) is 10.6 Å². The van der Waals surface area contributed by atoms with Gasteiger partial charge in [-0.3, -0.25) is 4.57 Å². The minimum atomic E-state index is -2.85. The Kier molecular flexibility index (Phi) is 7.21. The van der Waals surface area contributed by atoms with Gasteiger partial charge in [-0.25, -0.2) is 4.67 Å². The average molecular weight is 373 g/mol. The van der Waals surface area contributed by atoms with Crippen molar-refractivity contribution in [1.82, 2.24) is 9.57 Å². The SMILES string of the molecule is CCC(C)(C)P(=O)(OCC(C)(C)C)N1CCC(N2CCCCC2)CC1. The summed E-state index contributed by atoms with van der Waals surface area (Å²) in [7, 11) is -2.85. The van der Waals surface area contributed by atoms with E-state index in [1.165, 1.54) is 32.4 Å². The molecule has 2 fully saturated rings. The normalized spacial score (nSPS) is 25.0. The Balaban J connectivity index is 2.04. The zero-order chi connectivity index (χ0) is 18.7. The first-order chi connectivity index (χ1) is 11.6. The molecule has 0 amide bonds. The molecule has 0 saturated carbocycles. The second-order valence-corrected chi connectivity index (χ2v) is 12.9. The predicted molar refractivity (Wildman–Crippen MR) is 107 cm³/mol. The fraction of sp³-hybridized carbons (Fsp3) is 1.00. The highest BCUT2D eigenvalue weighted by atomic mass is 31.2. The minimum Gasteiger partial charge on any atom is -0.316 e. The van der Waals surface area contributed by atoms with Crippen LogP contribution in [0.5, 0.6) is 0 Å². The van der Waals surface area contributed by atoms with E-state index in [0.717, 1.165) is 32.4 Å². The van der Waals surface area contributed by atoms with Crippen LogP contribution in [0, 0.1) is 5.41 Å². The third-order valence-electron chi connectivity index (χ3n) is 6.02. The standard InChI is InChI=1S/C20H41N2O2P/c1-7-20(5,6)25(23,24-17-19(2,3)4)22-15-11-18(12-16-22)21-13-9-8-10-14-21/h18H,7-17H2,1-6H3. The van der Waals surface area contributed by atoms with Crippen molar-refractivity contribution in [2.24, 2.45) is 5.41 Å². The number of piperidine rings is 2. The van der Waals surface area contributed by atoms with Gasteiger partial charge in [0.05, 0.1) is 11.8 Å². The van der Waals surface area contributed by atoms with E-state index in [2.05, 4.69) is 51.1 Å².